The molecular formula is C13H19N3O3. The van der Waals surface area contributed by atoms with Crippen molar-refractivity contribution >= 4 is 12.0 Å². The van der Waals surface area contributed by atoms with Crippen LogP contribution in [0.1, 0.15) is 5.56 Å². The van der Waals surface area contributed by atoms with Crippen LogP contribution in [0.15, 0.2) is 30.3 Å². The molecule has 0 aliphatic heterocycles. The summed E-state index contributed by atoms with van der Waals surface area (Å²) in [5.41, 5.74) is 3.50. The molecule has 0 saturated carbocycles. The van der Waals surface area contributed by atoms with Crippen molar-refractivity contribution in [2.24, 2.45) is 0 Å². The smallest absolute Gasteiger partial charge is 0.407 e. The van der Waals surface area contributed by atoms with E-state index in [1.165, 1.54) is 12.1 Å². The number of nitrogens with zero attached hydrogens (tertiary/aromatic N) is 2. The summed E-state index contributed by atoms with van der Waals surface area (Å²) < 4.78 is 0. The molecule has 104 valence electrons. The van der Waals surface area contributed by atoms with Crippen molar-refractivity contribution in [3.8, 4) is 0 Å². The van der Waals surface area contributed by atoms with Crippen molar-refractivity contribution in [3.05, 3.63) is 35.9 Å². The third-order valence-electron chi connectivity index (χ3n) is 2.68. The zero-order valence-electron chi connectivity index (χ0n) is 11.3. The Hall–Kier alpha value is -2.08. The number of carboxylic acid groups (broad SMARTS) is 1. The van der Waals surface area contributed by atoms with Crippen LogP contribution in [0.25, 0.3) is 0 Å². The molecule has 1 aromatic carbocycles. The Labute approximate surface area is 112 Å². The molecule has 0 radical (unpaired) electrons. The van der Waals surface area contributed by atoms with Gasteiger partial charge in [-0.2, -0.15) is 0 Å². The van der Waals surface area contributed by atoms with Crippen LogP contribution in [0.2, 0.25) is 0 Å². The lowest BCUT2D eigenvalue weighted by Crippen LogP contribution is -2.51. The van der Waals surface area contributed by atoms with E-state index in [9.17, 15) is 9.59 Å². The minimum Gasteiger partial charge on any atom is -0.465 e. The first kappa shape index (κ1) is 15.0. The first-order valence-corrected chi connectivity index (χ1v) is 5.89. The van der Waals surface area contributed by atoms with Crippen molar-refractivity contribution in [2.45, 2.75) is 12.5 Å². The average Bonchev–Trinajstić information content (AvgIpc) is 2.35. The molecule has 0 saturated heterocycles. The fourth-order valence-electron chi connectivity index (χ4n) is 1.67. The Balaban J connectivity index is 2.86. The average molecular weight is 265 g/mol. The molecule has 2 N–H and O–H groups in total. The molecule has 0 bridgehead atoms. The number of rotatable bonds is 5. The highest BCUT2D eigenvalue weighted by atomic mass is 16.4. The van der Waals surface area contributed by atoms with Crippen LogP contribution in [-0.4, -0.2) is 54.2 Å². The number of benzene rings is 1. The fourth-order valence-corrected chi connectivity index (χ4v) is 1.67. The van der Waals surface area contributed by atoms with Gasteiger partial charge < -0.3 is 5.11 Å². The van der Waals surface area contributed by atoms with E-state index in [4.69, 9.17) is 5.11 Å². The second-order valence-electron chi connectivity index (χ2n) is 4.47. The molecule has 2 amide bonds. The molecule has 0 aliphatic rings. The van der Waals surface area contributed by atoms with Crippen molar-refractivity contribution in [1.82, 2.24) is 15.3 Å². The minimum atomic E-state index is -1.13. The third-order valence-corrected chi connectivity index (χ3v) is 2.68. The van der Waals surface area contributed by atoms with E-state index < -0.39 is 12.1 Å². The number of hydrogen-bond donors (Lipinski definition) is 2. The van der Waals surface area contributed by atoms with Crippen LogP contribution >= 0.6 is 0 Å². The Bertz CT molecular complexity index is 434. The molecule has 0 spiro atoms. The molecule has 6 nitrogen and oxygen atoms in total. The zero-order valence-corrected chi connectivity index (χ0v) is 11.3. The van der Waals surface area contributed by atoms with Gasteiger partial charge in [-0.1, -0.05) is 30.3 Å². The van der Waals surface area contributed by atoms with Crippen LogP contribution in [-0.2, 0) is 11.2 Å². The quantitative estimate of drug-likeness (QED) is 0.772. The van der Waals surface area contributed by atoms with E-state index >= 15 is 0 Å². The van der Waals surface area contributed by atoms with E-state index in [1.807, 2.05) is 30.3 Å². The number of amides is 2. The predicted molar refractivity (Wildman–Crippen MR) is 71.6 cm³/mol. The topological polar surface area (TPSA) is 72.9 Å². The number of nitrogens with one attached hydrogen (secondary N) is 1. The second-order valence-corrected chi connectivity index (χ2v) is 4.47. The number of hydrogen-bond acceptors (Lipinski definition) is 3. The standard InChI is InChI=1S/C13H19N3O3/c1-15(2)14-12(17)11(16(3)13(18)19)9-10-7-5-4-6-8-10/h4-8,11H,9H2,1-3H3,(H,14,17)(H,18,19). The van der Waals surface area contributed by atoms with Crippen LogP contribution in [0.5, 0.6) is 0 Å². The summed E-state index contributed by atoms with van der Waals surface area (Å²) in [5, 5.41) is 10.5. The Morgan fingerprint density at radius 1 is 1.21 bits per heavy atom. The Morgan fingerprint density at radius 2 is 1.79 bits per heavy atom. The van der Waals surface area contributed by atoms with Crippen LogP contribution in [0.3, 0.4) is 0 Å². The van der Waals surface area contributed by atoms with Crippen LogP contribution in [0.4, 0.5) is 4.79 Å². The molecule has 0 aliphatic carbocycles. The minimum absolute atomic E-state index is 0.337. The summed E-state index contributed by atoms with van der Waals surface area (Å²) in [4.78, 5) is 24.1. The zero-order chi connectivity index (χ0) is 14.4. The lowest BCUT2D eigenvalue weighted by Gasteiger charge is -2.26. The predicted octanol–water partition coefficient (Wildman–Crippen LogP) is 0.800. The maximum atomic E-state index is 12.0. The fraction of sp³-hybridized carbons (Fsp3) is 0.385. The largest absolute Gasteiger partial charge is 0.465 e. The van der Waals surface area contributed by atoms with Crippen molar-refractivity contribution < 1.29 is 14.7 Å². The number of carbonyl (C=O) groups is 2. The molecule has 1 rings (SSSR count). The SMILES string of the molecule is CN(C)NC(=O)C(Cc1ccccc1)N(C)C(=O)O. The first-order chi connectivity index (χ1) is 8.91. The molecular weight excluding hydrogens is 246 g/mol. The third kappa shape index (κ3) is 4.59. The Morgan fingerprint density at radius 3 is 2.26 bits per heavy atom. The van der Waals surface area contributed by atoms with Gasteiger partial charge in [0, 0.05) is 27.6 Å². The first-order valence-electron chi connectivity index (χ1n) is 5.89. The lowest BCUT2D eigenvalue weighted by atomic mass is 10.0. The van der Waals surface area contributed by atoms with Crippen LogP contribution in [0, 0.1) is 0 Å². The molecule has 1 unspecified atom stereocenters. The van der Waals surface area contributed by atoms with Gasteiger partial charge in [-0.05, 0) is 5.56 Å². The van der Waals surface area contributed by atoms with Crippen molar-refractivity contribution in [3.63, 3.8) is 0 Å². The van der Waals surface area contributed by atoms with Gasteiger partial charge in [0.2, 0.25) is 0 Å². The molecule has 1 atom stereocenters. The van der Waals surface area contributed by atoms with Crippen molar-refractivity contribution in [2.75, 3.05) is 21.1 Å². The van der Waals surface area contributed by atoms with E-state index in [0.717, 1.165) is 10.5 Å². The number of hydrazine groups is 1. The highest BCUT2D eigenvalue weighted by Crippen LogP contribution is 2.08. The van der Waals surface area contributed by atoms with Gasteiger partial charge in [-0.15, -0.1) is 0 Å². The highest BCUT2D eigenvalue weighted by molar-refractivity contribution is 5.85. The summed E-state index contributed by atoms with van der Waals surface area (Å²) >= 11 is 0. The number of carbonyl (C=O) groups excluding carboxylic acids is 1. The van der Waals surface area contributed by atoms with E-state index in [-0.39, 0.29) is 5.91 Å². The summed E-state index contributed by atoms with van der Waals surface area (Å²) in [6, 6.07) is 8.56. The molecule has 6 heteroatoms. The summed E-state index contributed by atoms with van der Waals surface area (Å²) in [7, 11) is 4.75. The van der Waals surface area contributed by atoms with Gasteiger partial charge in [0.25, 0.3) is 5.91 Å². The monoisotopic (exact) mass is 265 g/mol. The van der Waals surface area contributed by atoms with Gasteiger partial charge in [0.1, 0.15) is 6.04 Å². The maximum absolute atomic E-state index is 12.0. The summed E-state index contributed by atoms with van der Waals surface area (Å²) in [6.45, 7) is 0. The molecule has 0 aromatic heterocycles. The molecule has 0 fully saturated rings. The van der Waals surface area contributed by atoms with Gasteiger partial charge in [0.15, 0.2) is 0 Å². The van der Waals surface area contributed by atoms with Gasteiger partial charge in [-0.25, -0.2) is 9.80 Å². The number of likely N-dealkylation sites (N-methyl/N-ethyl adjacent to an activating group) is 1. The van der Waals surface area contributed by atoms with Crippen molar-refractivity contribution in [1.29, 1.82) is 0 Å². The van der Waals surface area contributed by atoms with Gasteiger partial charge in [0.05, 0.1) is 0 Å². The van der Waals surface area contributed by atoms with E-state index in [2.05, 4.69) is 5.43 Å². The molecule has 1 aromatic rings. The van der Waals surface area contributed by atoms with E-state index in [1.54, 1.807) is 14.1 Å². The van der Waals surface area contributed by atoms with Gasteiger partial charge >= 0.3 is 6.09 Å². The van der Waals surface area contributed by atoms with E-state index in [0.29, 0.717) is 6.42 Å². The normalized spacial score (nSPS) is 12.0. The highest BCUT2D eigenvalue weighted by Gasteiger charge is 2.27. The summed E-state index contributed by atoms with van der Waals surface area (Å²) in [5.74, 6) is -0.348. The van der Waals surface area contributed by atoms with Crippen LogP contribution < -0.4 is 5.43 Å². The Kier molecular flexibility index (Phi) is 5.32. The summed E-state index contributed by atoms with van der Waals surface area (Å²) in [6.07, 6.45) is -0.793. The second kappa shape index (κ2) is 6.75. The molecule has 0 heterocycles. The van der Waals surface area contributed by atoms with Gasteiger partial charge in [-0.3, -0.25) is 15.1 Å². The maximum Gasteiger partial charge on any atom is 0.407 e. The molecule has 19 heavy (non-hydrogen) atoms. The lowest BCUT2D eigenvalue weighted by molar-refractivity contribution is -0.129.